The van der Waals surface area contributed by atoms with Crippen LogP contribution >= 0.6 is 60.6 Å². The first-order valence-electron chi connectivity index (χ1n) is 3.52. The summed E-state index contributed by atoms with van der Waals surface area (Å²) in [6.45, 7) is 1.10. The average Bonchev–Trinajstić information content (AvgIpc) is 2.23. The Morgan fingerprint density at radius 2 is 1.38 bits per heavy atom. The summed E-state index contributed by atoms with van der Waals surface area (Å²) in [7, 11) is 2.72. The monoisotopic (exact) mass is 452 g/mol. The Bertz CT molecular complexity index is 159. The second kappa shape index (κ2) is 5.87. The Morgan fingerprint density at radius 3 is 1.69 bits per heavy atom. The minimum atomic E-state index is -2.59. The highest BCUT2D eigenvalue weighted by Crippen LogP contribution is 2.31. The fourth-order valence-electron chi connectivity index (χ4n) is 1.07. The molecule has 78 valence electrons. The third kappa shape index (κ3) is 4.53. The molecule has 1 saturated heterocycles. The molecule has 0 radical (unpaired) electrons. The van der Waals surface area contributed by atoms with Crippen LogP contribution < -0.4 is 0 Å². The molecule has 0 aromatic heterocycles. The lowest BCUT2D eigenvalue weighted by Crippen LogP contribution is -2.35. The summed E-state index contributed by atoms with van der Waals surface area (Å²) in [6, 6.07) is 0. The number of nitrogens with zero attached hydrogens (tertiary/aromatic N) is 2. The molecule has 0 amide bonds. The van der Waals surface area contributed by atoms with E-state index in [-0.39, 0.29) is 13.1 Å². The van der Waals surface area contributed by atoms with Crippen LogP contribution in [0.25, 0.3) is 0 Å². The fourth-order valence-corrected chi connectivity index (χ4v) is 3.86. The van der Waals surface area contributed by atoms with Crippen LogP contribution in [-0.4, -0.2) is 40.7 Å². The van der Waals surface area contributed by atoms with Gasteiger partial charge in [-0.2, -0.15) is 0 Å². The summed E-state index contributed by atoms with van der Waals surface area (Å²) in [4.78, 5) is 0. The van der Waals surface area contributed by atoms with Gasteiger partial charge >= 0.3 is 0 Å². The van der Waals surface area contributed by atoms with Gasteiger partial charge in [0.15, 0.2) is 0 Å². The minimum Gasteiger partial charge on any atom is -0.234 e. The van der Waals surface area contributed by atoms with E-state index in [0.717, 1.165) is 0 Å². The second-order valence-electron chi connectivity index (χ2n) is 2.72. The third-order valence-corrected chi connectivity index (χ3v) is 5.97. The smallest absolute Gasteiger partial charge is 0.234 e. The molecule has 0 saturated carbocycles. The molecular formula is C5H8F2I2N2S2. The first-order valence-corrected chi connectivity index (χ1v) is 10.2. The van der Waals surface area contributed by atoms with Crippen LogP contribution in [0.15, 0.2) is 0 Å². The van der Waals surface area contributed by atoms with E-state index in [2.05, 4.69) is 0 Å². The largest absolute Gasteiger partial charge is 0.274 e. The van der Waals surface area contributed by atoms with Gasteiger partial charge in [-0.3, -0.25) is 0 Å². The van der Waals surface area contributed by atoms with Crippen molar-refractivity contribution in [3.05, 3.63) is 0 Å². The second-order valence-corrected chi connectivity index (χ2v) is 6.39. The van der Waals surface area contributed by atoms with Gasteiger partial charge in [0.25, 0.3) is 5.92 Å². The number of hydrogen-bond acceptors (Lipinski definition) is 4. The van der Waals surface area contributed by atoms with Crippen LogP contribution in [0.5, 0.6) is 0 Å². The third-order valence-electron chi connectivity index (χ3n) is 1.61. The quantitative estimate of drug-likeness (QED) is 0.469. The van der Waals surface area contributed by atoms with Crippen molar-refractivity contribution in [2.75, 3.05) is 26.2 Å². The zero-order valence-electron chi connectivity index (χ0n) is 6.55. The number of rotatable bonds is 2. The standard InChI is InChI=1S/C5H8F2I2N2S2/c6-5(7)3-10(12-8)1-2-11(4-5)13-9/h1-4H2. The van der Waals surface area contributed by atoms with Gasteiger partial charge in [0.2, 0.25) is 0 Å². The molecule has 0 aromatic carbocycles. The van der Waals surface area contributed by atoms with E-state index in [9.17, 15) is 8.78 Å². The SMILES string of the molecule is FC1(F)CN(SI)CCN(SI)C1. The lowest BCUT2D eigenvalue weighted by atomic mass is 10.3. The van der Waals surface area contributed by atoms with E-state index in [1.165, 1.54) is 18.2 Å². The van der Waals surface area contributed by atoms with Crippen molar-refractivity contribution in [3.8, 4) is 0 Å². The van der Waals surface area contributed by atoms with Crippen molar-refractivity contribution in [2.45, 2.75) is 5.92 Å². The zero-order chi connectivity index (χ0) is 9.90. The molecule has 0 atom stereocenters. The molecule has 1 heterocycles. The molecule has 1 aliphatic heterocycles. The van der Waals surface area contributed by atoms with E-state index >= 15 is 0 Å². The van der Waals surface area contributed by atoms with Crippen LogP contribution in [0.4, 0.5) is 8.78 Å². The van der Waals surface area contributed by atoms with Crippen molar-refractivity contribution in [2.24, 2.45) is 0 Å². The van der Waals surface area contributed by atoms with E-state index in [1.807, 2.05) is 42.4 Å². The lowest BCUT2D eigenvalue weighted by molar-refractivity contribution is -0.0123. The van der Waals surface area contributed by atoms with Crippen molar-refractivity contribution in [3.63, 3.8) is 0 Å². The maximum Gasteiger partial charge on any atom is 0.274 e. The predicted octanol–water partition coefficient (Wildman–Crippen LogP) is 3.24. The van der Waals surface area contributed by atoms with Gasteiger partial charge in [-0.15, -0.1) is 0 Å². The Hall–Kier alpha value is 1.94. The van der Waals surface area contributed by atoms with Crippen molar-refractivity contribution in [1.82, 2.24) is 8.61 Å². The summed E-state index contributed by atoms with van der Waals surface area (Å²) in [5, 5.41) is 0. The van der Waals surface area contributed by atoms with Crippen molar-refractivity contribution >= 4 is 60.6 Å². The summed E-state index contributed by atoms with van der Waals surface area (Å²) in [5.74, 6) is -2.59. The summed E-state index contributed by atoms with van der Waals surface area (Å²) in [6.07, 6.45) is 0. The van der Waals surface area contributed by atoms with E-state index < -0.39 is 5.92 Å². The molecule has 1 rings (SSSR count). The Labute approximate surface area is 109 Å². The zero-order valence-corrected chi connectivity index (χ0v) is 12.5. The van der Waals surface area contributed by atoms with Gasteiger partial charge in [-0.25, -0.2) is 17.4 Å². The molecule has 1 fully saturated rings. The van der Waals surface area contributed by atoms with Gasteiger partial charge in [0, 0.05) is 55.5 Å². The van der Waals surface area contributed by atoms with Gasteiger partial charge in [-0.1, -0.05) is 0 Å². The normalized spacial score (nSPS) is 25.8. The highest BCUT2D eigenvalue weighted by Gasteiger charge is 2.37. The number of alkyl halides is 2. The topological polar surface area (TPSA) is 6.48 Å². The lowest BCUT2D eigenvalue weighted by Gasteiger charge is -2.20. The summed E-state index contributed by atoms with van der Waals surface area (Å²) < 4.78 is 29.8. The van der Waals surface area contributed by atoms with E-state index in [1.54, 1.807) is 8.61 Å². The Morgan fingerprint density at radius 1 is 1.00 bits per heavy atom. The van der Waals surface area contributed by atoms with Gasteiger partial charge in [0.1, 0.15) is 0 Å². The van der Waals surface area contributed by atoms with Crippen molar-refractivity contribution < 1.29 is 8.78 Å². The maximum absolute atomic E-state index is 13.2. The number of halogens is 4. The predicted molar refractivity (Wildman–Crippen MR) is 71.3 cm³/mol. The van der Waals surface area contributed by atoms with Crippen LogP contribution in [-0.2, 0) is 0 Å². The summed E-state index contributed by atoms with van der Waals surface area (Å²) >= 11 is 4.08. The van der Waals surface area contributed by atoms with E-state index in [0.29, 0.717) is 13.1 Å². The molecule has 0 bridgehead atoms. The van der Waals surface area contributed by atoms with Crippen LogP contribution in [0, 0.1) is 0 Å². The fraction of sp³-hybridized carbons (Fsp3) is 1.00. The molecular weight excluding hydrogens is 444 g/mol. The summed E-state index contributed by atoms with van der Waals surface area (Å²) in [5.41, 5.74) is 0. The average molecular weight is 452 g/mol. The van der Waals surface area contributed by atoms with Gasteiger partial charge < -0.3 is 0 Å². The minimum absolute atomic E-state index is 0.145. The van der Waals surface area contributed by atoms with Crippen LogP contribution in [0.3, 0.4) is 0 Å². The molecule has 2 nitrogen and oxygen atoms in total. The van der Waals surface area contributed by atoms with Crippen LogP contribution in [0.1, 0.15) is 0 Å². The molecule has 0 aliphatic carbocycles. The number of hydrogen-bond donors (Lipinski definition) is 0. The Balaban J connectivity index is 2.57. The molecule has 0 spiro atoms. The molecule has 0 unspecified atom stereocenters. The van der Waals surface area contributed by atoms with Crippen molar-refractivity contribution in [1.29, 1.82) is 0 Å². The molecule has 8 heteroatoms. The molecule has 1 aliphatic rings. The van der Waals surface area contributed by atoms with E-state index in [4.69, 9.17) is 0 Å². The van der Waals surface area contributed by atoms with Gasteiger partial charge in [0.05, 0.1) is 13.1 Å². The maximum atomic E-state index is 13.2. The van der Waals surface area contributed by atoms with Crippen LogP contribution in [0.2, 0.25) is 0 Å². The molecule has 13 heavy (non-hydrogen) atoms. The first kappa shape index (κ1) is 13.0. The highest BCUT2D eigenvalue weighted by atomic mass is 127. The molecule has 0 N–H and O–H groups in total. The first-order chi connectivity index (χ1) is 6.07. The molecule has 0 aromatic rings. The highest BCUT2D eigenvalue weighted by molar-refractivity contribution is 14.2. The Kier molecular flexibility index (Phi) is 5.87. The van der Waals surface area contributed by atoms with Gasteiger partial charge in [-0.05, 0) is 18.2 Å².